The first-order chi connectivity index (χ1) is 9.63. The number of aromatic nitrogens is 2. The molecule has 0 unspecified atom stereocenters. The third-order valence-electron chi connectivity index (χ3n) is 2.98. The largest absolute Gasteiger partial charge is 0.398 e. The molecule has 0 saturated heterocycles. The Hall–Kier alpha value is -2.14. The highest BCUT2D eigenvalue weighted by atomic mass is 79.9. The summed E-state index contributed by atoms with van der Waals surface area (Å²) in [6.45, 7) is 2.04. The zero-order chi connectivity index (χ0) is 14.1. The Labute approximate surface area is 124 Å². The van der Waals surface area contributed by atoms with E-state index in [2.05, 4.69) is 26.1 Å². The maximum absolute atomic E-state index is 5.94. The van der Waals surface area contributed by atoms with Crippen molar-refractivity contribution in [1.29, 1.82) is 0 Å². The minimum Gasteiger partial charge on any atom is -0.398 e. The van der Waals surface area contributed by atoms with Gasteiger partial charge in [-0.25, -0.2) is 0 Å². The Morgan fingerprint density at radius 1 is 1.10 bits per heavy atom. The Kier molecular flexibility index (Phi) is 3.28. The molecule has 2 N–H and O–H groups in total. The van der Waals surface area contributed by atoms with E-state index in [1.54, 1.807) is 6.07 Å². The summed E-state index contributed by atoms with van der Waals surface area (Å²) < 4.78 is 6.22. The van der Waals surface area contributed by atoms with Crippen molar-refractivity contribution in [3.05, 3.63) is 52.5 Å². The molecule has 3 aromatic rings. The standard InChI is InChI=1S/C15H12BrN3O/c1-9-2-4-10(5-3-9)14-18-15(20-19-14)12-8-11(16)6-7-13(12)17/h2-8H,17H2,1H3. The molecule has 0 spiro atoms. The van der Waals surface area contributed by atoms with Crippen LogP contribution in [0.2, 0.25) is 0 Å². The molecular formula is C15H12BrN3O. The molecule has 3 rings (SSSR count). The van der Waals surface area contributed by atoms with Crippen molar-refractivity contribution >= 4 is 21.6 Å². The molecule has 2 aromatic carbocycles. The summed E-state index contributed by atoms with van der Waals surface area (Å²) in [4.78, 5) is 4.40. The summed E-state index contributed by atoms with van der Waals surface area (Å²) in [5.41, 5.74) is 9.38. The van der Waals surface area contributed by atoms with Gasteiger partial charge in [-0.3, -0.25) is 0 Å². The number of nitrogens with zero attached hydrogens (tertiary/aromatic N) is 2. The summed E-state index contributed by atoms with van der Waals surface area (Å²) in [5.74, 6) is 0.971. The number of halogens is 1. The summed E-state index contributed by atoms with van der Waals surface area (Å²) in [5, 5.41) is 4.01. The predicted octanol–water partition coefficient (Wildman–Crippen LogP) is 4.06. The Balaban J connectivity index is 2.01. The number of rotatable bonds is 2. The molecule has 0 aliphatic rings. The van der Waals surface area contributed by atoms with E-state index in [1.807, 2.05) is 43.3 Å². The molecule has 0 bridgehead atoms. The maximum Gasteiger partial charge on any atom is 0.260 e. The number of nitrogens with two attached hydrogens (primary N) is 1. The Morgan fingerprint density at radius 3 is 2.60 bits per heavy atom. The van der Waals surface area contributed by atoms with Gasteiger partial charge in [-0.05, 0) is 25.1 Å². The Bertz CT molecular complexity index is 750. The zero-order valence-electron chi connectivity index (χ0n) is 10.8. The molecule has 20 heavy (non-hydrogen) atoms. The lowest BCUT2D eigenvalue weighted by atomic mass is 10.1. The molecular weight excluding hydrogens is 318 g/mol. The Morgan fingerprint density at radius 2 is 1.85 bits per heavy atom. The third kappa shape index (κ3) is 2.44. The van der Waals surface area contributed by atoms with Crippen LogP contribution in [0.25, 0.3) is 22.8 Å². The molecule has 5 heteroatoms. The van der Waals surface area contributed by atoms with Crippen LogP contribution in [0.5, 0.6) is 0 Å². The van der Waals surface area contributed by atoms with Crippen LogP contribution in [-0.4, -0.2) is 10.1 Å². The summed E-state index contributed by atoms with van der Waals surface area (Å²) >= 11 is 3.41. The van der Waals surface area contributed by atoms with Crippen molar-refractivity contribution in [2.75, 3.05) is 5.73 Å². The predicted molar refractivity (Wildman–Crippen MR) is 82.0 cm³/mol. The van der Waals surface area contributed by atoms with Crippen molar-refractivity contribution in [3.8, 4) is 22.8 Å². The van der Waals surface area contributed by atoms with Crippen LogP contribution in [0.4, 0.5) is 5.69 Å². The number of aryl methyl sites for hydroxylation is 1. The van der Waals surface area contributed by atoms with Gasteiger partial charge in [-0.1, -0.05) is 50.9 Å². The summed E-state index contributed by atoms with van der Waals surface area (Å²) in [6.07, 6.45) is 0. The van der Waals surface area contributed by atoms with E-state index in [0.29, 0.717) is 17.4 Å². The van der Waals surface area contributed by atoms with Crippen LogP contribution in [0.1, 0.15) is 5.56 Å². The minimum absolute atomic E-state index is 0.416. The smallest absolute Gasteiger partial charge is 0.260 e. The lowest BCUT2D eigenvalue weighted by Crippen LogP contribution is -1.90. The lowest BCUT2D eigenvalue weighted by molar-refractivity contribution is 0.432. The second-order valence-electron chi connectivity index (χ2n) is 4.52. The van der Waals surface area contributed by atoms with Crippen LogP contribution in [0.3, 0.4) is 0 Å². The second-order valence-corrected chi connectivity index (χ2v) is 5.44. The second kappa shape index (κ2) is 5.09. The van der Waals surface area contributed by atoms with E-state index < -0.39 is 0 Å². The maximum atomic E-state index is 5.94. The minimum atomic E-state index is 0.416. The van der Waals surface area contributed by atoms with Crippen LogP contribution in [0, 0.1) is 6.92 Å². The summed E-state index contributed by atoms with van der Waals surface area (Å²) in [6, 6.07) is 13.5. The molecule has 100 valence electrons. The van der Waals surface area contributed by atoms with Crippen molar-refractivity contribution in [2.24, 2.45) is 0 Å². The highest BCUT2D eigenvalue weighted by molar-refractivity contribution is 9.10. The number of nitrogen functional groups attached to an aromatic ring is 1. The number of hydrogen-bond acceptors (Lipinski definition) is 4. The van der Waals surface area contributed by atoms with E-state index in [4.69, 9.17) is 10.3 Å². The van der Waals surface area contributed by atoms with E-state index >= 15 is 0 Å². The molecule has 0 aliphatic heterocycles. The topological polar surface area (TPSA) is 64.9 Å². The van der Waals surface area contributed by atoms with Crippen LogP contribution >= 0.6 is 15.9 Å². The molecule has 0 amide bonds. The molecule has 0 saturated carbocycles. The SMILES string of the molecule is Cc1ccc(-c2noc(-c3cc(Br)ccc3N)n2)cc1. The third-order valence-corrected chi connectivity index (χ3v) is 3.47. The molecule has 0 radical (unpaired) electrons. The number of benzene rings is 2. The van der Waals surface area contributed by atoms with Crippen LogP contribution in [-0.2, 0) is 0 Å². The van der Waals surface area contributed by atoms with E-state index in [-0.39, 0.29) is 0 Å². The first kappa shape index (κ1) is 12.9. The van der Waals surface area contributed by atoms with Crippen molar-refractivity contribution in [2.45, 2.75) is 6.92 Å². The highest BCUT2D eigenvalue weighted by Crippen LogP contribution is 2.29. The van der Waals surface area contributed by atoms with Gasteiger partial charge < -0.3 is 10.3 Å². The van der Waals surface area contributed by atoms with Gasteiger partial charge in [-0.2, -0.15) is 4.98 Å². The molecule has 4 nitrogen and oxygen atoms in total. The fraction of sp³-hybridized carbons (Fsp3) is 0.0667. The summed E-state index contributed by atoms with van der Waals surface area (Å²) in [7, 11) is 0. The van der Waals surface area contributed by atoms with Gasteiger partial charge in [0.15, 0.2) is 0 Å². The van der Waals surface area contributed by atoms with Gasteiger partial charge in [0.2, 0.25) is 5.82 Å². The molecule has 1 aromatic heterocycles. The highest BCUT2D eigenvalue weighted by Gasteiger charge is 2.13. The fourth-order valence-electron chi connectivity index (χ4n) is 1.87. The van der Waals surface area contributed by atoms with E-state index in [0.717, 1.165) is 15.6 Å². The fourth-order valence-corrected chi connectivity index (χ4v) is 2.23. The van der Waals surface area contributed by atoms with Gasteiger partial charge in [-0.15, -0.1) is 0 Å². The van der Waals surface area contributed by atoms with E-state index in [9.17, 15) is 0 Å². The monoisotopic (exact) mass is 329 g/mol. The normalized spacial score (nSPS) is 10.7. The van der Waals surface area contributed by atoms with Crippen LogP contribution in [0.15, 0.2) is 51.5 Å². The van der Waals surface area contributed by atoms with Gasteiger partial charge in [0.1, 0.15) is 0 Å². The first-order valence-corrected chi connectivity index (χ1v) is 6.89. The van der Waals surface area contributed by atoms with Gasteiger partial charge in [0.05, 0.1) is 5.56 Å². The van der Waals surface area contributed by atoms with Crippen molar-refractivity contribution < 1.29 is 4.52 Å². The number of anilines is 1. The molecule has 0 atom stereocenters. The van der Waals surface area contributed by atoms with Crippen LogP contribution < -0.4 is 5.73 Å². The molecule has 0 fully saturated rings. The zero-order valence-corrected chi connectivity index (χ0v) is 12.4. The average molecular weight is 330 g/mol. The van der Waals surface area contributed by atoms with Crippen molar-refractivity contribution in [1.82, 2.24) is 10.1 Å². The lowest BCUT2D eigenvalue weighted by Gasteiger charge is -2.00. The van der Waals surface area contributed by atoms with Gasteiger partial charge in [0.25, 0.3) is 5.89 Å². The molecule has 0 aliphatic carbocycles. The number of hydrogen-bond donors (Lipinski definition) is 1. The van der Waals surface area contributed by atoms with Gasteiger partial charge >= 0.3 is 0 Å². The molecule has 1 heterocycles. The van der Waals surface area contributed by atoms with Gasteiger partial charge in [0, 0.05) is 15.7 Å². The first-order valence-electron chi connectivity index (χ1n) is 6.09. The van der Waals surface area contributed by atoms with E-state index in [1.165, 1.54) is 5.56 Å². The van der Waals surface area contributed by atoms with Crippen molar-refractivity contribution in [3.63, 3.8) is 0 Å². The average Bonchev–Trinajstić information content (AvgIpc) is 2.92. The quantitative estimate of drug-likeness (QED) is 0.720.